The van der Waals surface area contributed by atoms with Crippen LogP contribution in [0.25, 0.3) is 6.08 Å². The van der Waals surface area contributed by atoms with Crippen LogP contribution in [-0.4, -0.2) is 10.9 Å². The molecule has 96 valence electrons. The number of aromatic nitrogens is 1. The molecule has 2 aromatic rings. The van der Waals surface area contributed by atoms with Gasteiger partial charge in [0.25, 0.3) is 0 Å². The predicted molar refractivity (Wildman–Crippen MR) is 78.1 cm³/mol. The Balaban J connectivity index is 2.02. The fourth-order valence-electron chi connectivity index (χ4n) is 1.50. The second kappa shape index (κ2) is 6.16. The number of hydrogen-bond acceptors (Lipinski definition) is 2. The van der Waals surface area contributed by atoms with Gasteiger partial charge in [0.05, 0.1) is 5.69 Å². The molecule has 0 fully saturated rings. The first-order chi connectivity index (χ1) is 9.15. The Kier molecular flexibility index (Phi) is 4.31. The van der Waals surface area contributed by atoms with E-state index in [-0.39, 0.29) is 11.1 Å². The van der Waals surface area contributed by atoms with Gasteiger partial charge in [-0.15, -0.1) is 0 Å². The predicted octanol–water partition coefficient (Wildman–Crippen LogP) is 3.70. The van der Waals surface area contributed by atoms with Gasteiger partial charge in [-0.3, -0.25) is 4.79 Å². The molecule has 1 N–H and O–H groups in total. The Morgan fingerprint density at radius 2 is 2.00 bits per heavy atom. The molecule has 0 aliphatic rings. The minimum atomic E-state index is -0.240. The second-order valence-electron chi connectivity index (χ2n) is 4.08. The summed E-state index contributed by atoms with van der Waals surface area (Å²) in [7, 11) is 0. The van der Waals surface area contributed by atoms with Crippen LogP contribution in [0.5, 0.6) is 0 Å². The van der Waals surface area contributed by atoms with E-state index < -0.39 is 0 Å². The summed E-state index contributed by atoms with van der Waals surface area (Å²) in [6, 6.07) is 11.3. The van der Waals surface area contributed by atoms with Crippen molar-refractivity contribution in [2.24, 2.45) is 0 Å². The highest BCUT2D eigenvalue weighted by molar-refractivity contribution is 6.32. The molecular weight excluding hydrogens is 260 g/mol. The molecule has 1 aromatic carbocycles. The molecule has 0 radical (unpaired) electrons. The maximum Gasteiger partial charge on any atom is 0.248 e. The number of amides is 1. The number of benzene rings is 1. The molecule has 0 aliphatic carbocycles. The van der Waals surface area contributed by atoms with Gasteiger partial charge in [0.15, 0.2) is 5.15 Å². The second-order valence-corrected chi connectivity index (χ2v) is 4.43. The van der Waals surface area contributed by atoms with Crippen molar-refractivity contribution in [2.45, 2.75) is 6.92 Å². The van der Waals surface area contributed by atoms with Crippen molar-refractivity contribution in [3.63, 3.8) is 0 Å². The molecule has 0 unspecified atom stereocenters. The van der Waals surface area contributed by atoms with E-state index >= 15 is 0 Å². The Morgan fingerprint density at radius 1 is 1.26 bits per heavy atom. The average Bonchev–Trinajstić information content (AvgIpc) is 2.41. The highest BCUT2D eigenvalue weighted by Gasteiger charge is 2.02. The molecule has 1 aromatic heterocycles. The van der Waals surface area contributed by atoms with Crippen LogP contribution in [0.3, 0.4) is 0 Å². The summed E-state index contributed by atoms with van der Waals surface area (Å²) < 4.78 is 0. The first-order valence-electron chi connectivity index (χ1n) is 5.81. The van der Waals surface area contributed by atoms with Gasteiger partial charge >= 0.3 is 0 Å². The zero-order chi connectivity index (χ0) is 13.7. The van der Waals surface area contributed by atoms with Crippen LogP contribution < -0.4 is 5.32 Å². The number of carbonyl (C=O) groups excluding carboxylic acids is 1. The summed E-state index contributed by atoms with van der Waals surface area (Å²) in [6.45, 7) is 2.02. The Labute approximate surface area is 116 Å². The molecule has 1 amide bonds. The highest BCUT2D eigenvalue weighted by Crippen LogP contribution is 2.17. The molecule has 1 heterocycles. The normalized spacial score (nSPS) is 10.6. The Hall–Kier alpha value is -2.13. The van der Waals surface area contributed by atoms with Crippen molar-refractivity contribution in [2.75, 3.05) is 5.32 Å². The number of carbonyl (C=O) groups is 1. The minimum absolute atomic E-state index is 0.240. The maximum atomic E-state index is 11.7. The van der Waals surface area contributed by atoms with E-state index in [0.717, 1.165) is 5.56 Å². The monoisotopic (exact) mass is 272 g/mol. The summed E-state index contributed by atoms with van der Waals surface area (Å²) in [5.41, 5.74) is 2.66. The fraction of sp³-hybridized carbons (Fsp3) is 0.0667. The van der Waals surface area contributed by atoms with Gasteiger partial charge in [-0.2, -0.15) is 0 Å². The van der Waals surface area contributed by atoms with E-state index in [1.165, 1.54) is 11.6 Å². The Bertz CT molecular complexity index is 606. The largest absolute Gasteiger partial charge is 0.320 e. The molecule has 0 saturated carbocycles. The number of rotatable bonds is 3. The standard InChI is InChI=1S/C15H13ClN2O/c1-11-4-6-12(7-5-11)8-9-14(19)18-13-3-2-10-17-15(13)16/h2-10H,1H3,(H,18,19). The lowest BCUT2D eigenvalue weighted by molar-refractivity contribution is -0.111. The summed E-state index contributed by atoms with van der Waals surface area (Å²) in [5.74, 6) is -0.240. The van der Waals surface area contributed by atoms with Crippen LogP contribution in [0.4, 0.5) is 5.69 Å². The number of aryl methyl sites for hydroxylation is 1. The maximum absolute atomic E-state index is 11.7. The summed E-state index contributed by atoms with van der Waals surface area (Å²) in [5, 5.41) is 2.95. The van der Waals surface area contributed by atoms with E-state index in [1.54, 1.807) is 24.4 Å². The zero-order valence-electron chi connectivity index (χ0n) is 10.4. The van der Waals surface area contributed by atoms with Gasteiger partial charge in [-0.25, -0.2) is 4.98 Å². The van der Waals surface area contributed by atoms with E-state index in [0.29, 0.717) is 5.69 Å². The average molecular weight is 273 g/mol. The number of pyridine rings is 1. The number of nitrogens with zero attached hydrogens (tertiary/aromatic N) is 1. The molecule has 2 rings (SSSR count). The van der Waals surface area contributed by atoms with Gasteiger partial charge in [0.2, 0.25) is 5.91 Å². The fourth-order valence-corrected chi connectivity index (χ4v) is 1.67. The molecule has 0 atom stereocenters. The first kappa shape index (κ1) is 13.3. The summed E-state index contributed by atoms with van der Waals surface area (Å²) in [4.78, 5) is 15.6. The third-order valence-corrected chi connectivity index (χ3v) is 2.82. The number of nitrogens with one attached hydrogen (secondary N) is 1. The van der Waals surface area contributed by atoms with Crippen molar-refractivity contribution < 1.29 is 4.79 Å². The van der Waals surface area contributed by atoms with Crippen molar-refractivity contribution in [1.82, 2.24) is 4.98 Å². The Morgan fingerprint density at radius 3 is 2.68 bits per heavy atom. The highest BCUT2D eigenvalue weighted by atomic mass is 35.5. The SMILES string of the molecule is Cc1ccc(C=CC(=O)Nc2cccnc2Cl)cc1. The molecular formula is C15H13ClN2O. The van der Waals surface area contributed by atoms with Crippen LogP contribution in [0, 0.1) is 6.92 Å². The van der Waals surface area contributed by atoms with E-state index in [2.05, 4.69) is 10.3 Å². The number of anilines is 1. The van der Waals surface area contributed by atoms with Crippen molar-refractivity contribution in [3.8, 4) is 0 Å². The lowest BCUT2D eigenvalue weighted by Gasteiger charge is -2.02. The quantitative estimate of drug-likeness (QED) is 0.684. The van der Waals surface area contributed by atoms with Crippen LogP contribution >= 0.6 is 11.6 Å². The third-order valence-electron chi connectivity index (χ3n) is 2.52. The summed E-state index contributed by atoms with van der Waals surface area (Å²) in [6.07, 6.45) is 4.78. The van der Waals surface area contributed by atoms with Gasteiger partial charge in [-0.05, 0) is 30.7 Å². The molecule has 0 saturated heterocycles. The van der Waals surface area contributed by atoms with E-state index in [9.17, 15) is 4.79 Å². The molecule has 0 bridgehead atoms. The molecule has 0 aliphatic heterocycles. The third kappa shape index (κ3) is 3.93. The van der Waals surface area contributed by atoms with Gasteiger partial charge in [0, 0.05) is 12.3 Å². The summed E-state index contributed by atoms with van der Waals surface area (Å²) >= 11 is 5.85. The van der Waals surface area contributed by atoms with Crippen LogP contribution in [0.15, 0.2) is 48.7 Å². The van der Waals surface area contributed by atoms with E-state index in [1.807, 2.05) is 31.2 Å². The molecule has 19 heavy (non-hydrogen) atoms. The van der Waals surface area contributed by atoms with Gasteiger partial charge in [-0.1, -0.05) is 41.4 Å². The van der Waals surface area contributed by atoms with Gasteiger partial charge < -0.3 is 5.32 Å². The van der Waals surface area contributed by atoms with E-state index in [4.69, 9.17) is 11.6 Å². The smallest absolute Gasteiger partial charge is 0.248 e. The lowest BCUT2D eigenvalue weighted by Crippen LogP contribution is -2.08. The molecule has 4 heteroatoms. The number of hydrogen-bond donors (Lipinski definition) is 1. The van der Waals surface area contributed by atoms with Crippen molar-refractivity contribution in [3.05, 3.63) is 65.0 Å². The lowest BCUT2D eigenvalue weighted by atomic mass is 10.1. The first-order valence-corrected chi connectivity index (χ1v) is 6.19. The van der Waals surface area contributed by atoms with Crippen LogP contribution in [0.1, 0.15) is 11.1 Å². The van der Waals surface area contributed by atoms with Crippen molar-refractivity contribution in [1.29, 1.82) is 0 Å². The zero-order valence-corrected chi connectivity index (χ0v) is 11.2. The van der Waals surface area contributed by atoms with Crippen molar-refractivity contribution >= 4 is 29.3 Å². The number of halogens is 1. The molecule has 3 nitrogen and oxygen atoms in total. The van der Waals surface area contributed by atoms with Gasteiger partial charge in [0.1, 0.15) is 0 Å². The van der Waals surface area contributed by atoms with Crippen LogP contribution in [0.2, 0.25) is 5.15 Å². The minimum Gasteiger partial charge on any atom is -0.320 e. The molecule has 0 spiro atoms. The topological polar surface area (TPSA) is 42.0 Å². The van der Waals surface area contributed by atoms with Crippen LogP contribution in [-0.2, 0) is 4.79 Å².